The van der Waals surface area contributed by atoms with Gasteiger partial charge in [-0.05, 0) is 35.7 Å². The van der Waals surface area contributed by atoms with E-state index < -0.39 is 0 Å². The predicted molar refractivity (Wildman–Crippen MR) is 75.3 cm³/mol. The number of imidazole rings is 1. The molecule has 1 saturated heterocycles. The number of aromatic amines is 1. The van der Waals surface area contributed by atoms with E-state index >= 15 is 0 Å². The summed E-state index contributed by atoms with van der Waals surface area (Å²) >= 11 is 1.64. The van der Waals surface area contributed by atoms with Crippen molar-refractivity contribution in [2.45, 2.75) is 25.7 Å². The molecule has 1 aliphatic rings. The first kappa shape index (κ1) is 12.4. The maximum absolute atomic E-state index is 12.2. The molecule has 1 fully saturated rings. The Balaban J connectivity index is 1.61. The number of likely N-dealkylation sites (tertiary alicyclic amines) is 1. The third kappa shape index (κ3) is 2.71. The van der Waals surface area contributed by atoms with Crippen LogP contribution in [0.1, 0.15) is 29.4 Å². The molecule has 1 amide bonds. The molecule has 19 heavy (non-hydrogen) atoms. The predicted octanol–water partition coefficient (Wildman–Crippen LogP) is 2.34. The second kappa shape index (κ2) is 5.17. The molecule has 0 saturated carbocycles. The van der Waals surface area contributed by atoms with E-state index in [1.165, 1.54) is 0 Å². The summed E-state index contributed by atoms with van der Waals surface area (Å²) in [7, 11) is 0. The highest BCUT2D eigenvalue weighted by atomic mass is 32.1. The van der Waals surface area contributed by atoms with Gasteiger partial charge in [0.25, 0.3) is 0 Å². The molecule has 1 aliphatic heterocycles. The second-order valence-corrected chi connectivity index (χ2v) is 5.87. The van der Waals surface area contributed by atoms with Gasteiger partial charge >= 0.3 is 0 Å². The number of carbonyl (C=O) groups excluding carboxylic acids is 1. The standard InChI is InChI=1S/C14H17N3OS/c1-10-7-15-14(16-10)12-2-4-17(8-12)13(18)6-11-3-5-19-9-11/h3,5,7,9,12H,2,4,6,8H2,1H3,(H,15,16)/t12-/m1/s1. The zero-order valence-electron chi connectivity index (χ0n) is 10.9. The first-order chi connectivity index (χ1) is 9.22. The monoisotopic (exact) mass is 275 g/mol. The van der Waals surface area contributed by atoms with Gasteiger partial charge in [-0.15, -0.1) is 0 Å². The van der Waals surface area contributed by atoms with Crippen LogP contribution in [-0.4, -0.2) is 33.9 Å². The van der Waals surface area contributed by atoms with E-state index in [1.807, 2.05) is 34.8 Å². The van der Waals surface area contributed by atoms with Crippen LogP contribution in [0.25, 0.3) is 0 Å². The highest BCUT2D eigenvalue weighted by Crippen LogP contribution is 2.25. The van der Waals surface area contributed by atoms with Crippen LogP contribution < -0.4 is 0 Å². The molecular formula is C14H17N3OS. The van der Waals surface area contributed by atoms with Crippen LogP contribution in [0.4, 0.5) is 0 Å². The molecule has 100 valence electrons. The average Bonchev–Trinajstić information content (AvgIpc) is 3.07. The number of aromatic nitrogens is 2. The summed E-state index contributed by atoms with van der Waals surface area (Å²) in [6.07, 6.45) is 3.38. The maximum atomic E-state index is 12.2. The van der Waals surface area contributed by atoms with Crippen LogP contribution >= 0.6 is 11.3 Å². The van der Waals surface area contributed by atoms with Crippen LogP contribution in [0.3, 0.4) is 0 Å². The van der Waals surface area contributed by atoms with Crippen molar-refractivity contribution in [2.24, 2.45) is 0 Å². The van der Waals surface area contributed by atoms with Gasteiger partial charge in [0.1, 0.15) is 5.82 Å². The lowest BCUT2D eigenvalue weighted by atomic mass is 10.1. The van der Waals surface area contributed by atoms with Gasteiger partial charge in [-0.25, -0.2) is 4.98 Å². The number of H-pyrrole nitrogens is 1. The SMILES string of the molecule is Cc1cnc([C@@H]2CCN(C(=O)Cc3ccsc3)C2)[nH]1. The molecule has 3 heterocycles. The molecular weight excluding hydrogens is 258 g/mol. The maximum Gasteiger partial charge on any atom is 0.227 e. The molecule has 1 atom stereocenters. The molecule has 0 aliphatic carbocycles. The van der Waals surface area contributed by atoms with E-state index in [0.717, 1.165) is 36.6 Å². The van der Waals surface area contributed by atoms with Crippen LogP contribution in [-0.2, 0) is 11.2 Å². The zero-order chi connectivity index (χ0) is 13.2. The van der Waals surface area contributed by atoms with Crippen molar-refractivity contribution < 1.29 is 4.79 Å². The zero-order valence-corrected chi connectivity index (χ0v) is 11.7. The Bertz CT molecular complexity index is 561. The molecule has 0 unspecified atom stereocenters. The van der Waals surface area contributed by atoms with Gasteiger partial charge in [0.2, 0.25) is 5.91 Å². The summed E-state index contributed by atoms with van der Waals surface area (Å²) in [5.74, 6) is 1.60. The number of nitrogens with zero attached hydrogens (tertiary/aromatic N) is 2. The number of rotatable bonds is 3. The smallest absolute Gasteiger partial charge is 0.227 e. The summed E-state index contributed by atoms with van der Waals surface area (Å²) in [6.45, 7) is 3.63. The fourth-order valence-electron chi connectivity index (χ4n) is 2.53. The Morgan fingerprint density at radius 2 is 2.53 bits per heavy atom. The molecule has 0 aromatic carbocycles. The van der Waals surface area contributed by atoms with Gasteiger partial charge < -0.3 is 9.88 Å². The van der Waals surface area contributed by atoms with E-state index in [9.17, 15) is 4.79 Å². The van der Waals surface area contributed by atoms with Crippen LogP contribution in [0, 0.1) is 6.92 Å². The van der Waals surface area contributed by atoms with E-state index in [-0.39, 0.29) is 5.91 Å². The molecule has 1 N–H and O–H groups in total. The van der Waals surface area contributed by atoms with Gasteiger partial charge in [0.15, 0.2) is 0 Å². The summed E-state index contributed by atoms with van der Waals surface area (Å²) < 4.78 is 0. The number of carbonyl (C=O) groups is 1. The van der Waals surface area contributed by atoms with E-state index in [0.29, 0.717) is 12.3 Å². The molecule has 0 bridgehead atoms. The van der Waals surface area contributed by atoms with Gasteiger partial charge in [-0.1, -0.05) is 0 Å². The van der Waals surface area contributed by atoms with E-state index in [2.05, 4.69) is 9.97 Å². The van der Waals surface area contributed by atoms with Crippen molar-refractivity contribution in [1.82, 2.24) is 14.9 Å². The second-order valence-electron chi connectivity index (χ2n) is 5.09. The van der Waals surface area contributed by atoms with Crippen molar-refractivity contribution in [3.8, 4) is 0 Å². The number of thiophene rings is 1. The number of hydrogen-bond donors (Lipinski definition) is 1. The van der Waals surface area contributed by atoms with Crippen LogP contribution in [0.5, 0.6) is 0 Å². The highest BCUT2D eigenvalue weighted by molar-refractivity contribution is 7.07. The lowest BCUT2D eigenvalue weighted by Gasteiger charge is -2.15. The molecule has 2 aromatic heterocycles. The molecule has 3 rings (SSSR count). The number of amides is 1. The lowest BCUT2D eigenvalue weighted by Crippen LogP contribution is -2.29. The minimum absolute atomic E-state index is 0.226. The normalized spacial score (nSPS) is 19.0. The number of hydrogen-bond acceptors (Lipinski definition) is 3. The minimum atomic E-state index is 0.226. The third-order valence-electron chi connectivity index (χ3n) is 3.59. The fourth-order valence-corrected chi connectivity index (χ4v) is 3.20. The summed E-state index contributed by atoms with van der Waals surface area (Å²) in [5.41, 5.74) is 2.20. The lowest BCUT2D eigenvalue weighted by molar-refractivity contribution is -0.129. The first-order valence-corrected chi connectivity index (χ1v) is 7.47. The molecule has 4 nitrogen and oxygen atoms in total. The highest BCUT2D eigenvalue weighted by Gasteiger charge is 2.28. The summed E-state index contributed by atoms with van der Waals surface area (Å²) in [6, 6.07) is 2.02. The molecule has 5 heteroatoms. The Kier molecular flexibility index (Phi) is 3.38. The number of aryl methyl sites for hydroxylation is 1. The van der Waals surface area contributed by atoms with Gasteiger partial charge in [-0.2, -0.15) is 11.3 Å². The largest absolute Gasteiger partial charge is 0.346 e. The van der Waals surface area contributed by atoms with Crippen LogP contribution in [0.2, 0.25) is 0 Å². The van der Waals surface area contributed by atoms with Crippen molar-refractivity contribution in [3.05, 3.63) is 40.1 Å². The molecule has 2 aromatic rings. The van der Waals surface area contributed by atoms with Gasteiger partial charge in [0.05, 0.1) is 6.42 Å². The van der Waals surface area contributed by atoms with Crippen molar-refractivity contribution in [1.29, 1.82) is 0 Å². The Labute approximate surface area is 116 Å². The molecule has 0 spiro atoms. The fraction of sp³-hybridized carbons (Fsp3) is 0.429. The van der Waals surface area contributed by atoms with Crippen molar-refractivity contribution >= 4 is 17.2 Å². The van der Waals surface area contributed by atoms with Gasteiger partial charge in [-0.3, -0.25) is 4.79 Å². The summed E-state index contributed by atoms with van der Waals surface area (Å²) in [5, 5.41) is 4.06. The van der Waals surface area contributed by atoms with E-state index in [4.69, 9.17) is 0 Å². The van der Waals surface area contributed by atoms with Crippen molar-refractivity contribution in [3.63, 3.8) is 0 Å². The number of nitrogens with one attached hydrogen (secondary N) is 1. The Morgan fingerprint density at radius 1 is 1.63 bits per heavy atom. The quantitative estimate of drug-likeness (QED) is 0.934. The van der Waals surface area contributed by atoms with E-state index in [1.54, 1.807) is 11.3 Å². The third-order valence-corrected chi connectivity index (χ3v) is 4.32. The van der Waals surface area contributed by atoms with Gasteiger partial charge in [0, 0.05) is 30.9 Å². The van der Waals surface area contributed by atoms with Crippen LogP contribution in [0.15, 0.2) is 23.0 Å². The minimum Gasteiger partial charge on any atom is -0.346 e. The first-order valence-electron chi connectivity index (χ1n) is 6.53. The summed E-state index contributed by atoms with van der Waals surface area (Å²) in [4.78, 5) is 21.8. The molecule has 0 radical (unpaired) electrons. The van der Waals surface area contributed by atoms with Crippen molar-refractivity contribution in [2.75, 3.05) is 13.1 Å². The Morgan fingerprint density at radius 3 is 3.21 bits per heavy atom. The topological polar surface area (TPSA) is 49.0 Å². The average molecular weight is 275 g/mol. The Hall–Kier alpha value is -1.62.